The molecule has 1 atom stereocenters. The minimum absolute atomic E-state index is 0.196. The molecule has 1 aliphatic rings. The fourth-order valence-electron chi connectivity index (χ4n) is 2.45. The van der Waals surface area contributed by atoms with Gasteiger partial charge in [0.2, 0.25) is 0 Å². The van der Waals surface area contributed by atoms with E-state index in [4.69, 9.17) is 5.11 Å². The Bertz CT molecular complexity index is 284. The number of hydrogen-bond acceptors (Lipinski definition) is 1. The molecule has 0 fully saturated rings. The molecule has 0 aromatic heterocycles. The van der Waals surface area contributed by atoms with Crippen molar-refractivity contribution in [1.29, 1.82) is 0 Å². The van der Waals surface area contributed by atoms with Crippen molar-refractivity contribution >= 4 is 0 Å². The molecular formula is C15H26O. The Kier molecular flexibility index (Phi) is 4.79. The van der Waals surface area contributed by atoms with Gasteiger partial charge in [-0.1, -0.05) is 37.1 Å². The predicted octanol–water partition coefficient (Wildman–Crippen LogP) is 4.09. The van der Waals surface area contributed by atoms with Gasteiger partial charge in [0.15, 0.2) is 0 Å². The van der Waals surface area contributed by atoms with Crippen molar-refractivity contribution in [1.82, 2.24) is 0 Å². The lowest BCUT2D eigenvalue weighted by Crippen LogP contribution is -2.24. The molecule has 0 amide bonds. The monoisotopic (exact) mass is 222 g/mol. The smallest absolute Gasteiger partial charge is 0.0639 e. The maximum atomic E-state index is 9.02. The zero-order chi connectivity index (χ0) is 12.2. The first-order chi connectivity index (χ1) is 7.48. The average molecular weight is 222 g/mol. The Hall–Kier alpha value is -0.560. The summed E-state index contributed by atoms with van der Waals surface area (Å²) in [7, 11) is 0. The van der Waals surface area contributed by atoms with Crippen LogP contribution in [0.3, 0.4) is 0 Å². The molecule has 0 aromatic carbocycles. The molecule has 0 aliphatic heterocycles. The quantitative estimate of drug-likeness (QED) is 0.713. The van der Waals surface area contributed by atoms with Crippen LogP contribution in [-0.4, -0.2) is 11.7 Å². The normalized spacial score (nSPS) is 26.2. The largest absolute Gasteiger partial charge is 0.392 e. The number of rotatable bonds is 3. The molecule has 0 spiro atoms. The summed E-state index contributed by atoms with van der Waals surface area (Å²) in [5.74, 6) is 0.716. The van der Waals surface area contributed by atoms with Gasteiger partial charge in [-0.25, -0.2) is 0 Å². The lowest BCUT2D eigenvalue weighted by Gasteiger charge is -2.34. The van der Waals surface area contributed by atoms with Crippen LogP contribution in [0.2, 0.25) is 0 Å². The Morgan fingerprint density at radius 1 is 1.56 bits per heavy atom. The molecule has 0 heterocycles. The molecule has 1 rings (SSSR count). The van der Waals surface area contributed by atoms with Crippen LogP contribution in [0, 0.1) is 11.3 Å². The molecule has 1 N–H and O–H groups in total. The van der Waals surface area contributed by atoms with Gasteiger partial charge in [0.1, 0.15) is 0 Å². The summed E-state index contributed by atoms with van der Waals surface area (Å²) >= 11 is 0. The van der Waals surface area contributed by atoms with E-state index in [-0.39, 0.29) is 6.61 Å². The summed E-state index contributed by atoms with van der Waals surface area (Å²) in [5.41, 5.74) is 2.94. The van der Waals surface area contributed by atoms with E-state index in [2.05, 4.69) is 32.9 Å². The molecule has 0 saturated carbocycles. The number of aliphatic hydroxyl groups is 1. The van der Waals surface area contributed by atoms with Crippen molar-refractivity contribution < 1.29 is 5.11 Å². The molecule has 92 valence electrons. The van der Waals surface area contributed by atoms with Gasteiger partial charge in [0.05, 0.1) is 6.61 Å². The van der Waals surface area contributed by atoms with E-state index in [1.165, 1.54) is 24.8 Å². The summed E-state index contributed by atoms with van der Waals surface area (Å²) < 4.78 is 0. The Labute approximate surface area is 100 Å². The molecule has 0 bridgehead atoms. The zero-order valence-corrected chi connectivity index (χ0v) is 11.2. The summed E-state index contributed by atoms with van der Waals surface area (Å²) in [6.45, 7) is 9.18. The number of aliphatic hydroxyl groups excluding tert-OH is 1. The first kappa shape index (κ1) is 13.5. The summed E-state index contributed by atoms with van der Waals surface area (Å²) in [6.07, 6.45) is 9.56. The molecule has 0 radical (unpaired) electrons. The van der Waals surface area contributed by atoms with Gasteiger partial charge >= 0.3 is 0 Å². The first-order valence-corrected chi connectivity index (χ1v) is 6.42. The van der Waals surface area contributed by atoms with Gasteiger partial charge in [-0.15, -0.1) is 0 Å². The standard InChI is InChI=1S/C15H26O/c1-12(11-16)9-10-14-8-6-5-7-13(2)15(14,3)4/h7,9,14,16H,5-6,8,10-11H2,1-4H3. The van der Waals surface area contributed by atoms with Gasteiger partial charge in [0, 0.05) is 0 Å². The summed E-state index contributed by atoms with van der Waals surface area (Å²) in [5, 5.41) is 9.02. The summed E-state index contributed by atoms with van der Waals surface area (Å²) in [4.78, 5) is 0. The van der Waals surface area contributed by atoms with Crippen LogP contribution in [-0.2, 0) is 0 Å². The van der Waals surface area contributed by atoms with E-state index >= 15 is 0 Å². The Morgan fingerprint density at radius 3 is 2.88 bits per heavy atom. The van der Waals surface area contributed by atoms with E-state index < -0.39 is 0 Å². The van der Waals surface area contributed by atoms with Gasteiger partial charge in [-0.3, -0.25) is 0 Å². The van der Waals surface area contributed by atoms with E-state index in [1.807, 2.05) is 6.92 Å². The van der Waals surface area contributed by atoms with Crippen LogP contribution in [0.25, 0.3) is 0 Å². The highest BCUT2D eigenvalue weighted by Gasteiger charge is 2.31. The Balaban J connectivity index is 2.74. The minimum atomic E-state index is 0.196. The average Bonchev–Trinajstić information content (AvgIpc) is 2.37. The van der Waals surface area contributed by atoms with Crippen LogP contribution in [0.15, 0.2) is 23.3 Å². The molecule has 1 unspecified atom stereocenters. The van der Waals surface area contributed by atoms with Crippen LogP contribution < -0.4 is 0 Å². The highest BCUT2D eigenvalue weighted by atomic mass is 16.3. The topological polar surface area (TPSA) is 20.2 Å². The van der Waals surface area contributed by atoms with Crippen molar-refractivity contribution in [2.75, 3.05) is 6.61 Å². The molecule has 0 aromatic rings. The van der Waals surface area contributed by atoms with Gasteiger partial charge < -0.3 is 5.11 Å². The maximum Gasteiger partial charge on any atom is 0.0639 e. The third kappa shape index (κ3) is 3.21. The van der Waals surface area contributed by atoms with Crippen molar-refractivity contribution in [2.24, 2.45) is 11.3 Å². The van der Waals surface area contributed by atoms with Crippen molar-refractivity contribution in [3.05, 3.63) is 23.3 Å². The molecule has 1 nitrogen and oxygen atoms in total. The van der Waals surface area contributed by atoms with Crippen molar-refractivity contribution in [3.63, 3.8) is 0 Å². The fourth-order valence-corrected chi connectivity index (χ4v) is 2.45. The first-order valence-electron chi connectivity index (χ1n) is 6.42. The SMILES string of the molecule is CC(=CCC1CCCC=C(C)C1(C)C)CO. The molecule has 1 aliphatic carbocycles. The van der Waals surface area contributed by atoms with E-state index in [0.29, 0.717) is 11.3 Å². The molecule has 0 saturated heterocycles. The van der Waals surface area contributed by atoms with Crippen LogP contribution in [0.5, 0.6) is 0 Å². The fraction of sp³-hybridized carbons (Fsp3) is 0.733. The number of hydrogen-bond donors (Lipinski definition) is 1. The van der Waals surface area contributed by atoms with Gasteiger partial charge in [0.25, 0.3) is 0 Å². The lowest BCUT2D eigenvalue weighted by atomic mass is 9.71. The minimum Gasteiger partial charge on any atom is -0.392 e. The van der Waals surface area contributed by atoms with Crippen molar-refractivity contribution in [3.8, 4) is 0 Å². The van der Waals surface area contributed by atoms with E-state index in [1.54, 1.807) is 0 Å². The second kappa shape index (κ2) is 5.67. The second-order valence-electron chi connectivity index (χ2n) is 5.68. The van der Waals surface area contributed by atoms with Crippen LogP contribution in [0.1, 0.15) is 53.4 Å². The van der Waals surface area contributed by atoms with E-state index in [0.717, 1.165) is 12.0 Å². The Morgan fingerprint density at radius 2 is 2.25 bits per heavy atom. The van der Waals surface area contributed by atoms with Crippen LogP contribution >= 0.6 is 0 Å². The molecule has 16 heavy (non-hydrogen) atoms. The lowest BCUT2D eigenvalue weighted by molar-refractivity contribution is 0.252. The highest BCUT2D eigenvalue weighted by molar-refractivity contribution is 5.14. The highest BCUT2D eigenvalue weighted by Crippen LogP contribution is 2.42. The molecular weight excluding hydrogens is 196 g/mol. The van der Waals surface area contributed by atoms with Gasteiger partial charge in [-0.2, -0.15) is 0 Å². The van der Waals surface area contributed by atoms with Crippen molar-refractivity contribution in [2.45, 2.75) is 53.4 Å². The van der Waals surface area contributed by atoms with E-state index in [9.17, 15) is 0 Å². The van der Waals surface area contributed by atoms with Gasteiger partial charge in [-0.05, 0) is 50.9 Å². The predicted molar refractivity (Wildman–Crippen MR) is 70.3 cm³/mol. The third-order valence-electron chi connectivity index (χ3n) is 4.24. The maximum absolute atomic E-state index is 9.02. The zero-order valence-electron chi connectivity index (χ0n) is 11.2. The summed E-state index contributed by atoms with van der Waals surface area (Å²) in [6, 6.07) is 0. The third-order valence-corrected chi connectivity index (χ3v) is 4.24. The van der Waals surface area contributed by atoms with Crippen LogP contribution in [0.4, 0.5) is 0 Å². The second-order valence-corrected chi connectivity index (χ2v) is 5.68. The molecule has 1 heteroatoms. The number of allylic oxidation sites excluding steroid dienone is 3.